The molecule has 5 heteroatoms. The summed E-state index contributed by atoms with van der Waals surface area (Å²) in [6.07, 6.45) is 1.95. The fourth-order valence-corrected chi connectivity index (χ4v) is 2.13. The van der Waals surface area contributed by atoms with Crippen LogP contribution in [0.5, 0.6) is 0 Å². The van der Waals surface area contributed by atoms with E-state index in [9.17, 15) is 4.79 Å². The number of amides is 1. The molecular weight excluding hydrogens is 259 g/mol. The minimum absolute atomic E-state index is 0. The fourth-order valence-electron chi connectivity index (χ4n) is 1.85. The minimum atomic E-state index is -0.0719. The van der Waals surface area contributed by atoms with E-state index >= 15 is 0 Å². The van der Waals surface area contributed by atoms with Crippen molar-refractivity contribution in [2.24, 2.45) is 0 Å². The molecule has 1 heterocycles. The van der Waals surface area contributed by atoms with E-state index in [-0.39, 0.29) is 24.4 Å². The van der Waals surface area contributed by atoms with Crippen LogP contribution in [0.2, 0.25) is 5.02 Å². The molecule has 17 heavy (non-hydrogen) atoms. The maximum absolute atomic E-state index is 11.8. The van der Waals surface area contributed by atoms with Gasteiger partial charge in [0.05, 0.1) is 16.8 Å². The first kappa shape index (κ1) is 14.3. The molecule has 1 unspecified atom stereocenters. The highest BCUT2D eigenvalue weighted by Crippen LogP contribution is 2.23. The maximum Gasteiger partial charge on any atom is 0.241 e. The summed E-state index contributed by atoms with van der Waals surface area (Å²) in [5.41, 5.74) is 1.77. The molecule has 1 aromatic rings. The van der Waals surface area contributed by atoms with Crippen molar-refractivity contribution in [3.63, 3.8) is 0 Å². The molecular formula is C12H16Cl2N2O. The first-order valence-electron chi connectivity index (χ1n) is 5.47. The average molecular weight is 275 g/mol. The molecule has 1 fully saturated rings. The van der Waals surface area contributed by atoms with Crippen LogP contribution in [0.1, 0.15) is 18.4 Å². The molecule has 1 aromatic carbocycles. The number of anilines is 1. The Morgan fingerprint density at radius 1 is 1.53 bits per heavy atom. The monoisotopic (exact) mass is 274 g/mol. The van der Waals surface area contributed by atoms with Gasteiger partial charge in [0.2, 0.25) is 5.91 Å². The lowest BCUT2D eigenvalue weighted by molar-refractivity contribution is -0.117. The average Bonchev–Trinajstić information content (AvgIpc) is 2.75. The maximum atomic E-state index is 11.8. The molecule has 2 rings (SSSR count). The van der Waals surface area contributed by atoms with Crippen molar-refractivity contribution in [1.82, 2.24) is 5.32 Å². The molecule has 0 spiro atoms. The first-order chi connectivity index (χ1) is 7.66. The van der Waals surface area contributed by atoms with Crippen LogP contribution in [0.15, 0.2) is 18.2 Å². The summed E-state index contributed by atoms with van der Waals surface area (Å²) in [6, 6.07) is 5.55. The second-order valence-electron chi connectivity index (χ2n) is 4.12. The zero-order valence-corrected chi connectivity index (χ0v) is 11.2. The lowest BCUT2D eigenvalue weighted by atomic mass is 10.2. The van der Waals surface area contributed by atoms with E-state index in [1.54, 1.807) is 0 Å². The van der Waals surface area contributed by atoms with Gasteiger partial charge in [-0.05, 0) is 44.0 Å². The number of carbonyl (C=O) groups excluding carboxylic acids is 1. The van der Waals surface area contributed by atoms with Crippen LogP contribution in [0.4, 0.5) is 5.69 Å². The Morgan fingerprint density at radius 3 is 2.88 bits per heavy atom. The lowest BCUT2D eigenvalue weighted by Crippen LogP contribution is -2.35. The standard InChI is InChI=1S/C12H15ClN2O.ClH/c1-8-4-5-10(9(13)7-8)15-12(16)11-3-2-6-14-11;/h4-5,7,11,14H,2-3,6H2,1H3,(H,15,16);1H. The van der Waals surface area contributed by atoms with Crippen molar-refractivity contribution in [3.8, 4) is 0 Å². The second kappa shape index (κ2) is 6.24. The van der Waals surface area contributed by atoms with Crippen molar-refractivity contribution in [1.29, 1.82) is 0 Å². The van der Waals surface area contributed by atoms with Crippen molar-refractivity contribution >= 4 is 35.6 Å². The molecule has 0 saturated carbocycles. The third-order valence-electron chi connectivity index (χ3n) is 2.76. The molecule has 1 aliphatic rings. The molecule has 2 N–H and O–H groups in total. The Labute approximate surface area is 112 Å². The van der Waals surface area contributed by atoms with E-state index in [0.29, 0.717) is 10.7 Å². The molecule has 1 saturated heterocycles. The molecule has 0 bridgehead atoms. The molecule has 0 radical (unpaired) electrons. The predicted molar refractivity (Wildman–Crippen MR) is 73.1 cm³/mol. The number of carbonyl (C=O) groups is 1. The second-order valence-corrected chi connectivity index (χ2v) is 4.53. The molecule has 94 valence electrons. The van der Waals surface area contributed by atoms with Gasteiger partial charge >= 0.3 is 0 Å². The van der Waals surface area contributed by atoms with Crippen LogP contribution in [-0.4, -0.2) is 18.5 Å². The summed E-state index contributed by atoms with van der Waals surface area (Å²) in [7, 11) is 0. The van der Waals surface area contributed by atoms with E-state index in [2.05, 4.69) is 10.6 Å². The van der Waals surface area contributed by atoms with Crippen LogP contribution in [-0.2, 0) is 4.79 Å². The molecule has 0 aromatic heterocycles. The van der Waals surface area contributed by atoms with Gasteiger partial charge in [-0.15, -0.1) is 12.4 Å². The van der Waals surface area contributed by atoms with Crippen LogP contribution in [0.3, 0.4) is 0 Å². The highest BCUT2D eigenvalue weighted by atomic mass is 35.5. The van der Waals surface area contributed by atoms with E-state index in [1.165, 1.54) is 0 Å². The van der Waals surface area contributed by atoms with Gasteiger partial charge in [-0.25, -0.2) is 0 Å². The van der Waals surface area contributed by atoms with Crippen LogP contribution in [0.25, 0.3) is 0 Å². The van der Waals surface area contributed by atoms with E-state index in [1.807, 2.05) is 25.1 Å². The van der Waals surface area contributed by atoms with Crippen molar-refractivity contribution in [2.45, 2.75) is 25.8 Å². The largest absolute Gasteiger partial charge is 0.323 e. The highest BCUT2D eigenvalue weighted by molar-refractivity contribution is 6.33. The smallest absolute Gasteiger partial charge is 0.241 e. The van der Waals surface area contributed by atoms with Gasteiger partial charge < -0.3 is 10.6 Å². The molecule has 0 aliphatic carbocycles. The molecule has 1 amide bonds. The Morgan fingerprint density at radius 2 is 2.29 bits per heavy atom. The SMILES string of the molecule is Cc1ccc(NC(=O)C2CCCN2)c(Cl)c1.Cl. The Balaban J connectivity index is 0.00000144. The van der Waals surface area contributed by atoms with Crippen molar-refractivity contribution in [3.05, 3.63) is 28.8 Å². The van der Waals surface area contributed by atoms with Crippen molar-refractivity contribution in [2.75, 3.05) is 11.9 Å². The van der Waals surface area contributed by atoms with E-state index in [0.717, 1.165) is 24.9 Å². The summed E-state index contributed by atoms with van der Waals surface area (Å²) in [5.74, 6) is 0.00301. The number of benzene rings is 1. The highest BCUT2D eigenvalue weighted by Gasteiger charge is 2.22. The Hall–Kier alpha value is -0.770. The van der Waals surface area contributed by atoms with Gasteiger partial charge in [0.25, 0.3) is 0 Å². The first-order valence-corrected chi connectivity index (χ1v) is 5.85. The zero-order valence-electron chi connectivity index (χ0n) is 9.63. The number of hydrogen-bond donors (Lipinski definition) is 2. The number of aryl methyl sites for hydroxylation is 1. The summed E-state index contributed by atoms with van der Waals surface area (Å²) in [4.78, 5) is 11.8. The third kappa shape index (κ3) is 3.60. The van der Waals surface area contributed by atoms with E-state index in [4.69, 9.17) is 11.6 Å². The molecule has 1 atom stereocenters. The number of rotatable bonds is 2. The summed E-state index contributed by atoms with van der Waals surface area (Å²) < 4.78 is 0. The normalized spacial score (nSPS) is 18.6. The quantitative estimate of drug-likeness (QED) is 0.871. The summed E-state index contributed by atoms with van der Waals surface area (Å²) >= 11 is 6.05. The number of nitrogens with one attached hydrogen (secondary N) is 2. The molecule has 3 nitrogen and oxygen atoms in total. The summed E-state index contributed by atoms with van der Waals surface area (Å²) in [5, 5.41) is 6.59. The van der Waals surface area contributed by atoms with Gasteiger partial charge in [-0.2, -0.15) is 0 Å². The Kier molecular flexibility index (Phi) is 5.25. The van der Waals surface area contributed by atoms with Crippen LogP contribution >= 0.6 is 24.0 Å². The Bertz CT molecular complexity index is 403. The molecule has 1 aliphatic heterocycles. The number of hydrogen-bond acceptors (Lipinski definition) is 2. The van der Waals surface area contributed by atoms with Gasteiger partial charge in [-0.1, -0.05) is 17.7 Å². The van der Waals surface area contributed by atoms with Gasteiger partial charge in [-0.3, -0.25) is 4.79 Å². The van der Waals surface area contributed by atoms with Gasteiger partial charge in [0, 0.05) is 0 Å². The van der Waals surface area contributed by atoms with Crippen LogP contribution < -0.4 is 10.6 Å². The van der Waals surface area contributed by atoms with Crippen molar-refractivity contribution < 1.29 is 4.79 Å². The fraction of sp³-hybridized carbons (Fsp3) is 0.417. The predicted octanol–water partition coefficient (Wildman–Crippen LogP) is 2.76. The van der Waals surface area contributed by atoms with E-state index < -0.39 is 0 Å². The summed E-state index contributed by atoms with van der Waals surface area (Å²) in [6.45, 7) is 2.88. The lowest BCUT2D eigenvalue weighted by Gasteiger charge is -2.12. The van der Waals surface area contributed by atoms with Gasteiger partial charge in [0.1, 0.15) is 0 Å². The third-order valence-corrected chi connectivity index (χ3v) is 3.07. The topological polar surface area (TPSA) is 41.1 Å². The zero-order chi connectivity index (χ0) is 11.5. The van der Waals surface area contributed by atoms with Gasteiger partial charge in [0.15, 0.2) is 0 Å². The minimum Gasteiger partial charge on any atom is -0.323 e. The number of halogens is 2. The van der Waals surface area contributed by atoms with Crippen LogP contribution in [0, 0.1) is 6.92 Å².